The summed E-state index contributed by atoms with van der Waals surface area (Å²) < 4.78 is 0. The van der Waals surface area contributed by atoms with Crippen LogP contribution in [-0.2, 0) is 4.79 Å². The van der Waals surface area contributed by atoms with E-state index in [4.69, 9.17) is 0 Å². The lowest BCUT2D eigenvalue weighted by Crippen LogP contribution is -2.31. The second-order valence-electron chi connectivity index (χ2n) is 5.94. The number of amides is 1. The van der Waals surface area contributed by atoms with Crippen LogP contribution in [0, 0.1) is 5.92 Å². The van der Waals surface area contributed by atoms with Crippen LogP contribution >= 0.6 is 11.8 Å². The van der Waals surface area contributed by atoms with Crippen molar-refractivity contribution in [2.24, 2.45) is 5.92 Å². The minimum Gasteiger partial charge on any atom is -0.355 e. The summed E-state index contributed by atoms with van der Waals surface area (Å²) in [7, 11) is 0. The Morgan fingerprint density at radius 1 is 1.14 bits per heavy atom. The molecule has 0 aliphatic heterocycles. The molecule has 22 heavy (non-hydrogen) atoms. The number of carbonyl (C=O) groups is 1. The Bertz CT molecular complexity index is 638. The number of hydrogen-bond donors (Lipinski definition) is 1. The molecule has 1 heterocycles. The van der Waals surface area contributed by atoms with Crippen molar-refractivity contribution in [3.05, 3.63) is 36.4 Å². The first kappa shape index (κ1) is 15.3. The lowest BCUT2D eigenvalue weighted by Gasteiger charge is -2.21. The van der Waals surface area contributed by atoms with E-state index >= 15 is 0 Å². The second kappa shape index (κ2) is 7.63. The molecule has 3 nitrogen and oxygen atoms in total. The molecule has 0 bridgehead atoms. The number of benzene rings is 1. The fourth-order valence-electron chi connectivity index (χ4n) is 2.97. The minimum atomic E-state index is 0.116. The summed E-state index contributed by atoms with van der Waals surface area (Å²) in [6.07, 6.45) is 6.51. The second-order valence-corrected chi connectivity index (χ2v) is 6.93. The van der Waals surface area contributed by atoms with Gasteiger partial charge in [-0.05, 0) is 30.9 Å². The lowest BCUT2D eigenvalue weighted by molar-refractivity contribution is -0.118. The topological polar surface area (TPSA) is 42.0 Å². The number of para-hydroxylation sites is 1. The molecule has 2 aromatic rings. The van der Waals surface area contributed by atoms with Gasteiger partial charge in [0.15, 0.2) is 0 Å². The molecule has 0 saturated heterocycles. The molecular formula is C18H22N2OS. The van der Waals surface area contributed by atoms with Crippen LogP contribution in [0.15, 0.2) is 41.4 Å². The molecule has 1 fully saturated rings. The molecule has 1 aliphatic carbocycles. The first-order valence-electron chi connectivity index (χ1n) is 8.06. The monoisotopic (exact) mass is 314 g/mol. The highest BCUT2D eigenvalue weighted by Gasteiger charge is 2.14. The van der Waals surface area contributed by atoms with Crippen molar-refractivity contribution in [1.82, 2.24) is 10.3 Å². The minimum absolute atomic E-state index is 0.116. The number of pyridine rings is 1. The van der Waals surface area contributed by atoms with Crippen molar-refractivity contribution in [3.63, 3.8) is 0 Å². The van der Waals surface area contributed by atoms with E-state index in [1.165, 1.54) is 43.9 Å². The summed E-state index contributed by atoms with van der Waals surface area (Å²) in [5.74, 6) is 1.24. The molecule has 4 heteroatoms. The van der Waals surface area contributed by atoms with Crippen molar-refractivity contribution >= 4 is 28.6 Å². The molecular weight excluding hydrogens is 292 g/mol. The third kappa shape index (κ3) is 4.23. The van der Waals surface area contributed by atoms with Gasteiger partial charge in [-0.15, -0.1) is 0 Å². The maximum absolute atomic E-state index is 12.0. The summed E-state index contributed by atoms with van der Waals surface area (Å²) in [4.78, 5) is 16.5. The zero-order chi connectivity index (χ0) is 15.2. The number of rotatable bonds is 5. The predicted octanol–water partition coefficient (Wildman–Crippen LogP) is 4.02. The van der Waals surface area contributed by atoms with E-state index in [0.717, 1.165) is 22.5 Å². The highest BCUT2D eigenvalue weighted by atomic mass is 32.2. The molecule has 1 saturated carbocycles. The van der Waals surface area contributed by atoms with Crippen molar-refractivity contribution in [3.8, 4) is 0 Å². The number of nitrogens with one attached hydrogen (secondary N) is 1. The van der Waals surface area contributed by atoms with Gasteiger partial charge < -0.3 is 5.32 Å². The summed E-state index contributed by atoms with van der Waals surface area (Å²) in [6.45, 7) is 0.838. The fourth-order valence-corrected chi connectivity index (χ4v) is 3.68. The van der Waals surface area contributed by atoms with Crippen molar-refractivity contribution in [1.29, 1.82) is 0 Å². The summed E-state index contributed by atoms with van der Waals surface area (Å²) in [6, 6.07) is 12.1. The van der Waals surface area contributed by atoms with E-state index in [-0.39, 0.29) is 5.91 Å². The van der Waals surface area contributed by atoms with Crippen LogP contribution < -0.4 is 5.32 Å². The zero-order valence-electron chi connectivity index (χ0n) is 12.8. The zero-order valence-corrected chi connectivity index (χ0v) is 13.6. The average Bonchev–Trinajstić information content (AvgIpc) is 2.59. The molecule has 0 radical (unpaired) electrons. The third-order valence-corrected chi connectivity index (χ3v) is 5.17. The molecule has 3 rings (SSSR count). The lowest BCUT2D eigenvalue weighted by atomic mass is 9.89. The van der Waals surface area contributed by atoms with E-state index in [9.17, 15) is 4.79 Å². The van der Waals surface area contributed by atoms with Crippen LogP contribution in [0.1, 0.15) is 32.1 Å². The Morgan fingerprint density at radius 2 is 1.95 bits per heavy atom. The Balaban J connectivity index is 1.47. The normalized spacial score (nSPS) is 15.8. The van der Waals surface area contributed by atoms with E-state index < -0.39 is 0 Å². The highest BCUT2D eigenvalue weighted by Crippen LogP contribution is 2.23. The number of carbonyl (C=O) groups excluding carboxylic acids is 1. The van der Waals surface area contributed by atoms with Crippen molar-refractivity contribution in [2.45, 2.75) is 37.1 Å². The van der Waals surface area contributed by atoms with Gasteiger partial charge in [0.05, 0.1) is 16.3 Å². The molecule has 1 aliphatic rings. The van der Waals surface area contributed by atoms with Gasteiger partial charge in [-0.1, -0.05) is 55.3 Å². The van der Waals surface area contributed by atoms with Gasteiger partial charge in [0, 0.05) is 11.9 Å². The van der Waals surface area contributed by atoms with Gasteiger partial charge >= 0.3 is 0 Å². The molecule has 1 aromatic carbocycles. The maximum Gasteiger partial charge on any atom is 0.230 e. The Hall–Kier alpha value is -1.55. The van der Waals surface area contributed by atoms with E-state index in [1.54, 1.807) is 0 Å². The summed E-state index contributed by atoms with van der Waals surface area (Å²) >= 11 is 1.51. The molecule has 1 aromatic heterocycles. The molecule has 0 atom stereocenters. The van der Waals surface area contributed by atoms with Crippen molar-refractivity contribution < 1.29 is 4.79 Å². The highest BCUT2D eigenvalue weighted by molar-refractivity contribution is 7.99. The largest absolute Gasteiger partial charge is 0.355 e. The van der Waals surface area contributed by atoms with Crippen LogP contribution in [0.3, 0.4) is 0 Å². The van der Waals surface area contributed by atoms with Crippen LogP contribution in [0.4, 0.5) is 0 Å². The van der Waals surface area contributed by atoms with Gasteiger partial charge in [-0.25, -0.2) is 4.98 Å². The molecule has 0 spiro atoms. The molecule has 0 unspecified atom stereocenters. The van der Waals surface area contributed by atoms with Crippen LogP contribution in [0.25, 0.3) is 10.9 Å². The van der Waals surface area contributed by atoms with Gasteiger partial charge in [0.1, 0.15) is 0 Å². The van der Waals surface area contributed by atoms with Gasteiger partial charge in [0.2, 0.25) is 5.91 Å². The van der Waals surface area contributed by atoms with E-state index in [1.807, 2.05) is 30.3 Å². The summed E-state index contributed by atoms with van der Waals surface area (Å²) in [5, 5.41) is 5.11. The Morgan fingerprint density at radius 3 is 2.82 bits per heavy atom. The summed E-state index contributed by atoms with van der Waals surface area (Å²) in [5.41, 5.74) is 0.982. The number of hydrogen-bond acceptors (Lipinski definition) is 3. The van der Waals surface area contributed by atoms with Gasteiger partial charge in [-0.2, -0.15) is 0 Å². The van der Waals surface area contributed by atoms with Gasteiger partial charge in [0.25, 0.3) is 0 Å². The van der Waals surface area contributed by atoms with Gasteiger partial charge in [-0.3, -0.25) is 4.79 Å². The Kier molecular flexibility index (Phi) is 5.33. The van der Waals surface area contributed by atoms with Crippen LogP contribution in [0.5, 0.6) is 0 Å². The van der Waals surface area contributed by atoms with Crippen molar-refractivity contribution in [2.75, 3.05) is 12.3 Å². The number of aromatic nitrogens is 1. The van der Waals surface area contributed by atoms with Crippen LogP contribution in [-0.4, -0.2) is 23.2 Å². The smallest absolute Gasteiger partial charge is 0.230 e. The Labute approximate surface area is 135 Å². The fraction of sp³-hybridized carbons (Fsp3) is 0.444. The number of nitrogens with zero attached hydrogens (tertiary/aromatic N) is 1. The maximum atomic E-state index is 12.0. The molecule has 1 N–H and O–H groups in total. The average molecular weight is 314 g/mol. The SMILES string of the molecule is O=C(CSc1ccc2ccccc2n1)NCC1CCCCC1. The quantitative estimate of drug-likeness (QED) is 0.847. The van der Waals surface area contributed by atoms with E-state index in [2.05, 4.69) is 16.4 Å². The predicted molar refractivity (Wildman–Crippen MR) is 92.1 cm³/mol. The number of thioether (sulfide) groups is 1. The molecule has 1 amide bonds. The van der Waals surface area contributed by atoms with E-state index in [0.29, 0.717) is 11.7 Å². The first-order valence-corrected chi connectivity index (χ1v) is 9.05. The van der Waals surface area contributed by atoms with Crippen LogP contribution in [0.2, 0.25) is 0 Å². The number of fused-ring (bicyclic) bond motifs is 1. The standard InChI is InChI=1S/C18H22N2OS/c21-17(19-12-14-6-2-1-3-7-14)13-22-18-11-10-15-8-4-5-9-16(15)20-18/h4-5,8-11,14H,1-3,6-7,12-13H2,(H,19,21). The third-order valence-electron chi connectivity index (χ3n) is 4.24. The molecule has 116 valence electrons. The first-order chi connectivity index (χ1) is 10.8.